The van der Waals surface area contributed by atoms with Crippen LogP contribution >= 0.6 is 11.6 Å². The summed E-state index contributed by atoms with van der Waals surface area (Å²) in [6, 6.07) is 13.0. The Morgan fingerprint density at radius 1 is 1.11 bits per heavy atom. The van der Waals surface area contributed by atoms with E-state index in [1.807, 2.05) is 6.07 Å². The van der Waals surface area contributed by atoms with E-state index in [1.54, 1.807) is 29.2 Å². The predicted molar refractivity (Wildman–Crippen MR) is 101 cm³/mol. The zero-order chi connectivity index (χ0) is 19.4. The third-order valence-electron chi connectivity index (χ3n) is 4.05. The number of nitrogens with one attached hydrogen (secondary N) is 2. The fraction of sp³-hybridized carbons (Fsp3) is 0.158. The lowest BCUT2D eigenvalue weighted by Gasteiger charge is -2.16. The van der Waals surface area contributed by atoms with Crippen LogP contribution in [0.25, 0.3) is 0 Å². The van der Waals surface area contributed by atoms with Crippen LogP contribution in [0.3, 0.4) is 0 Å². The molecule has 0 spiro atoms. The van der Waals surface area contributed by atoms with E-state index in [0.717, 1.165) is 6.42 Å². The number of anilines is 3. The molecule has 136 valence electrons. The van der Waals surface area contributed by atoms with E-state index in [2.05, 4.69) is 10.6 Å². The van der Waals surface area contributed by atoms with Gasteiger partial charge in [-0.05, 0) is 42.8 Å². The molecular weight excluding hydrogens is 368 g/mol. The van der Waals surface area contributed by atoms with E-state index in [4.69, 9.17) is 16.9 Å². The number of nitrogens with zero attached hydrogens (tertiary/aromatic N) is 2. The second kappa shape index (κ2) is 7.89. The standard InChI is InChI=1S/C19H15ClN4O3/c20-13-7-6-12(11-21)16(9-13)23-19(27)18(26)22-14-3-1-4-15(10-14)24-8-2-5-17(24)25/h1,3-4,6-7,9-10H,2,5,8H2,(H,22,26)(H,23,27). The smallest absolute Gasteiger partial charge is 0.314 e. The van der Waals surface area contributed by atoms with Gasteiger partial charge in [-0.3, -0.25) is 14.4 Å². The summed E-state index contributed by atoms with van der Waals surface area (Å²) in [4.78, 5) is 37.8. The normalized spacial score (nSPS) is 13.2. The second-order valence-electron chi connectivity index (χ2n) is 5.91. The van der Waals surface area contributed by atoms with Crippen LogP contribution in [0.1, 0.15) is 18.4 Å². The minimum absolute atomic E-state index is 0.0289. The molecule has 0 bridgehead atoms. The summed E-state index contributed by atoms with van der Waals surface area (Å²) in [5, 5.41) is 14.3. The number of benzene rings is 2. The summed E-state index contributed by atoms with van der Waals surface area (Å²) < 4.78 is 0. The van der Waals surface area contributed by atoms with Gasteiger partial charge in [0.25, 0.3) is 0 Å². The first-order valence-electron chi connectivity index (χ1n) is 8.20. The Kier molecular flexibility index (Phi) is 5.38. The van der Waals surface area contributed by atoms with Gasteiger partial charge in [0.1, 0.15) is 6.07 Å². The van der Waals surface area contributed by atoms with Crippen molar-refractivity contribution >= 4 is 46.4 Å². The molecule has 0 aromatic heterocycles. The van der Waals surface area contributed by atoms with Crippen molar-refractivity contribution < 1.29 is 14.4 Å². The molecule has 3 rings (SSSR count). The molecule has 2 N–H and O–H groups in total. The van der Waals surface area contributed by atoms with E-state index in [9.17, 15) is 14.4 Å². The van der Waals surface area contributed by atoms with E-state index >= 15 is 0 Å². The lowest BCUT2D eigenvalue weighted by molar-refractivity contribution is -0.133. The fourth-order valence-corrected chi connectivity index (χ4v) is 2.93. The van der Waals surface area contributed by atoms with Crippen molar-refractivity contribution in [1.29, 1.82) is 5.26 Å². The highest BCUT2D eigenvalue weighted by molar-refractivity contribution is 6.44. The van der Waals surface area contributed by atoms with E-state index < -0.39 is 11.8 Å². The summed E-state index contributed by atoms with van der Waals surface area (Å²) in [5.41, 5.74) is 1.40. The molecule has 1 saturated heterocycles. The molecular formula is C19H15ClN4O3. The van der Waals surface area contributed by atoms with Crippen LogP contribution in [0.15, 0.2) is 42.5 Å². The lowest BCUT2D eigenvalue weighted by Crippen LogP contribution is -2.29. The van der Waals surface area contributed by atoms with Crippen LogP contribution in [0.4, 0.5) is 17.1 Å². The maximum atomic E-state index is 12.2. The average Bonchev–Trinajstić information content (AvgIpc) is 3.08. The van der Waals surface area contributed by atoms with Crippen LogP contribution in [0.5, 0.6) is 0 Å². The maximum Gasteiger partial charge on any atom is 0.314 e. The minimum atomic E-state index is -0.934. The first-order valence-corrected chi connectivity index (χ1v) is 8.58. The zero-order valence-electron chi connectivity index (χ0n) is 14.2. The largest absolute Gasteiger partial charge is 0.318 e. The Morgan fingerprint density at radius 2 is 1.89 bits per heavy atom. The summed E-state index contributed by atoms with van der Waals surface area (Å²) >= 11 is 5.86. The van der Waals surface area contributed by atoms with Gasteiger partial charge in [-0.25, -0.2) is 0 Å². The number of carbonyl (C=O) groups is 3. The number of hydrogen-bond donors (Lipinski definition) is 2. The predicted octanol–water partition coefficient (Wildman–Crippen LogP) is 2.92. The minimum Gasteiger partial charge on any atom is -0.318 e. The maximum absolute atomic E-state index is 12.2. The van der Waals surface area contributed by atoms with E-state index in [0.29, 0.717) is 29.4 Å². The first-order chi connectivity index (χ1) is 13.0. The Morgan fingerprint density at radius 3 is 2.59 bits per heavy atom. The van der Waals surface area contributed by atoms with Crippen molar-refractivity contribution in [3.63, 3.8) is 0 Å². The molecule has 8 heteroatoms. The van der Waals surface area contributed by atoms with Gasteiger partial charge in [-0.2, -0.15) is 5.26 Å². The summed E-state index contributed by atoms with van der Waals surface area (Å²) in [6.07, 6.45) is 1.29. The number of halogens is 1. The summed E-state index contributed by atoms with van der Waals surface area (Å²) in [7, 11) is 0. The Balaban J connectivity index is 1.70. The number of amides is 3. The van der Waals surface area contributed by atoms with E-state index in [1.165, 1.54) is 18.2 Å². The van der Waals surface area contributed by atoms with Gasteiger partial charge in [0.2, 0.25) is 5.91 Å². The Hall–Kier alpha value is -3.37. The molecule has 0 saturated carbocycles. The van der Waals surface area contributed by atoms with Crippen molar-refractivity contribution in [2.24, 2.45) is 0 Å². The molecule has 0 aliphatic carbocycles. The average molecular weight is 383 g/mol. The molecule has 0 radical (unpaired) electrons. The molecule has 0 atom stereocenters. The van der Waals surface area contributed by atoms with Crippen LogP contribution < -0.4 is 15.5 Å². The quantitative estimate of drug-likeness (QED) is 0.796. The van der Waals surface area contributed by atoms with Crippen LogP contribution in [-0.4, -0.2) is 24.3 Å². The van der Waals surface area contributed by atoms with Gasteiger partial charge in [0.05, 0.1) is 11.3 Å². The molecule has 1 fully saturated rings. The molecule has 27 heavy (non-hydrogen) atoms. The molecule has 1 aliphatic heterocycles. The van der Waals surface area contributed by atoms with Crippen molar-refractivity contribution in [2.45, 2.75) is 12.8 Å². The summed E-state index contributed by atoms with van der Waals surface area (Å²) in [6.45, 7) is 0.627. The van der Waals surface area contributed by atoms with E-state index in [-0.39, 0.29) is 17.2 Å². The fourth-order valence-electron chi connectivity index (χ4n) is 2.76. The van der Waals surface area contributed by atoms with Crippen LogP contribution in [0, 0.1) is 11.3 Å². The Labute approximate surface area is 160 Å². The molecule has 2 aromatic rings. The molecule has 2 aromatic carbocycles. The van der Waals surface area contributed by atoms with Gasteiger partial charge < -0.3 is 15.5 Å². The second-order valence-corrected chi connectivity index (χ2v) is 6.35. The highest BCUT2D eigenvalue weighted by atomic mass is 35.5. The van der Waals surface area contributed by atoms with Crippen molar-refractivity contribution in [1.82, 2.24) is 0 Å². The van der Waals surface area contributed by atoms with Gasteiger partial charge in [-0.1, -0.05) is 17.7 Å². The van der Waals surface area contributed by atoms with Crippen molar-refractivity contribution in [2.75, 3.05) is 22.1 Å². The Bertz CT molecular complexity index is 968. The lowest BCUT2D eigenvalue weighted by atomic mass is 10.2. The molecule has 0 unspecified atom stereocenters. The van der Waals surface area contributed by atoms with Gasteiger partial charge in [0.15, 0.2) is 0 Å². The number of rotatable bonds is 3. The third kappa shape index (κ3) is 4.25. The molecule has 7 nitrogen and oxygen atoms in total. The zero-order valence-corrected chi connectivity index (χ0v) is 14.9. The van der Waals surface area contributed by atoms with Crippen molar-refractivity contribution in [3.05, 3.63) is 53.1 Å². The third-order valence-corrected chi connectivity index (χ3v) is 4.28. The van der Waals surface area contributed by atoms with Crippen LogP contribution in [-0.2, 0) is 14.4 Å². The SMILES string of the molecule is N#Cc1ccc(Cl)cc1NC(=O)C(=O)Nc1cccc(N2CCCC2=O)c1. The first kappa shape index (κ1) is 18.4. The highest BCUT2D eigenvalue weighted by Crippen LogP contribution is 2.24. The number of carbonyl (C=O) groups excluding carboxylic acids is 3. The summed E-state index contributed by atoms with van der Waals surface area (Å²) in [5.74, 6) is -1.80. The van der Waals surface area contributed by atoms with Gasteiger partial charge in [-0.15, -0.1) is 0 Å². The molecule has 3 amide bonds. The van der Waals surface area contributed by atoms with Gasteiger partial charge in [0, 0.05) is 29.4 Å². The topological polar surface area (TPSA) is 102 Å². The molecule has 1 heterocycles. The monoisotopic (exact) mass is 382 g/mol. The molecule has 1 aliphatic rings. The highest BCUT2D eigenvalue weighted by Gasteiger charge is 2.22. The van der Waals surface area contributed by atoms with Crippen LogP contribution in [0.2, 0.25) is 5.02 Å². The van der Waals surface area contributed by atoms with Crippen molar-refractivity contribution in [3.8, 4) is 6.07 Å². The number of nitriles is 1. The number of hydrogen-bond acceptors (Lipinski definition) is 4. The van der Waals surface area contributed by atoms with Gasteiger partial charge >= 0.3 is 11.8 Å².